The lowest BCUT2D eigenvalue weighted by Gasteiger charge is -2.23. The zero-order chi connectivity index (χ0) is 20.1. The van der Waals surface area contributed by atoms with Crippen molar-refractivity contribution in [3.63, 3.8) is 0 Å². The van der Waals surface area contributed by atoms with Crippen LogP contribution in [0.25, 0.3) is 0 Å². The molecule has 2 aliphatic rings. The van der Waals surface area contributed by atoms with Gasteiger partial charge in [0, 0.05) is 18.5 Å². The molecule has 4 rings (SSSR count). The maximum absolute atomic E-state index is 13.2. The van der Waals surface area contributed by atoms with Gasteiger partial charge in [-0.1, -0.05) is 17.7 Å². The summed E-state index contributed by atoms with van der Waals surface area (Å²) in [6.07, 6.45) is 0.335. The van der Waals surface area contributed by atoms with Crippen molar-refractivity contribution in [2.45, 2.75) is 18.1 Å². The number of ether oxygens (including phenoxy) is 2. The Balaban J connectivity index is 1.61. The number of methoxy groups -OCH3 is 2. The van der Waals surface area contributed by atoms with Crippen molar-refractivity contribution < 1.29 is 22.7 Å². The van der Waals surface area contributed by atoms with E-state index in [-0.39, 0.29) is 5.92 Å². The third kappa shape index (κ3) is 2.63. The number of carbonyl (C=O) groups is 1. The highest BCUT2D eigenvalue weighted by molar-refractivity contribution is 7.95. The van der Waals surface area contributed by atoms with E-state index < -0.39 is 20.7 Å². The van der Waals surface area contributed by atoms with Gasteiger partial charge < -0.3 is 14.8 Å². The van der Waals surface area contributed by atoms with Crippen molar-refractivity contribution in [3.05, 3.63) is 48.0 Å². The minimum atomic E-state index is -3.82. The summed E-state index contributed by atoms with van der Waals surface area (Å²) in [5.41, 5.74) is 2.05. The maximum Gasteiger partial charge on any atom is 0.250 e. The molecule has 8 heteroatoms. The average Bonchev–Trinajstić information content (AvgIpc) is 3.38. The highest BCUT2D eigenvalue weighted by Crippen LogP contribution is 2.58. The van der Waals surface area contributed by atoms with Gasteiger partial charge in [-0.05, 0) is 37.6 Å². The number of hydrogen-bond acceptors (Lipinski definition) is 5. The number of nitrogens with zero attached hydrogens (tertiary/aromatic N) is 1. The van der Waals surface area contributed by atoms with Gasteiger partial charge in [-0.2, -0.15) is 0 Å². The molecule has 0 radical (unpaired) electrons. The van der Waals surface area contributed by atoms with E-state index in [0.717, 1.165) is 5.56 Å². The van der Waals surface area contributed by atoms with E-state index in [1.807, 2.05) is 19.1 Å². The molecule has 1 heterocycles. The molecule has 28 heavy (non-hydrogen) atoms. The first-order valence-electron chi connectivity index (χ1n) is 8.96. The van der Waals surface area contributed by atoms with Crippen LogP contribution in [0.5, 0.6) is 11.5 Å². The number of nitrogens with one attached hydrogen (secondary N) is 1. The van der Waals surface area contributed by atoms with Gasteiger partial charge in [-0.3, -0.25) is 9.10 Å². The van der Waals surface area contributed by atoms with Gasteiger partial charge in [0.1, 0.15) is 11.5 Å². The van der Waals surface area contributed by atoms with Crippen molar-refractivity contribution in [2.75, 3.05) is 30.4 Å². The van der Waals surface area contributed by atoms with E-state index in [1.165, 1.54) is 18.5 Å². The number of sulfonamides is 1. The molecule has 1 N–H and O–H groups in total. The molecular formula is C20H22N2O5S. The molecule has 0 aromatic heterocycles. The molecule has 2 aromatic rings. The molecular weight excluding hydrogens is 380 g/mol. The number of hydrogen-bond donors (Lipinski definition) is 1. The Morgan fingerprint density at radius 2 is 1.86 bits per heavy atom. The first-order valence-corrected chi connectivity index (χ1v) is 10.4. The first kappa shape index (κ1) is 18.6. The maximum atomic E-state index is 13.2. The molecule has 0 spiro atoms. The summed E-state index contributed by atoms with van der Waals surface area (Å²) in [5.74, 6) is 0.252. The number of carbonyl (C=O) groups excluding carboxylic acids is 1. The summed E-state index contributed by atoms with van der Waals surface area (Å²) in [5, 5.41) is 2.75. The van der Waals surface area contributed by atoms with Crippen LogP contribution in [-0.4, -0.2) is 39.8 Å². The Morgan fingerprint density at radius 1 is 1.14 bits per heavy atom. The summed E-state index contributed by atoms with van der Waals surface area (Å²) in [4.78, 5) is 13.0. The normalized spacial score (nSPS) is 24.4. The molecule has 2 unspecified atom stereocenters. The molecule has 0 bridgehead atoms. The van der Waals surface area contributed by atoms with Crippen molar-refractivity contribution in [2.24, 2.45) is 5.92 Å². The molecule has 1 aliphatic heterocycles. The Bertz CT molecular complexity index is 1040. The number of fused-ring (bicyclic) bond motifs is 1. The van der Waals surface area contributed by atoms with Crippen molar-refractivity contribution in [1.29, 1.82) is 0 Å². The summed E-state index contributed by atoms with van der Waals surface area (Å²) in [7, 11) is -0.802. The molecule has 1 amide bonds. The molecule has 1 aliphatic carbocycles. The summed E-state index contributed by atoms with van der Waals surface area (Å²) in [6.45, 7) is 2.26. The SMILES string of the molecule is COc1ccc(NC(=O)C23CC2CN(c2ccc(C)cc2)S3(=O)=O)c(OC)c1. The predicted octanol–water partition coefficient (Wildman–Crippen LogP) is 2.56. The fourth-order valence-electron chi connectivity index (χ4n) is 3.81. The largest absolute Gasteiger partial charge is 0.497 e. The van der Waals surface area contributed by atoms with Crippen molar-refractivity contribution >= 4 is 27.3 Å². The van der Waals surface area contributed by atoms with E-state index in [2.05, 4.69) is 5.32 Å². The smallest absolute Gasteiger partial charge is 0.250 e. The lowest BCUT2D eigenvalue weighted by Crippen LogP contribution is -2.42. The number of anilines is 2. The van der Waals surface area contributed by atoms with Crippen molar-refractivity contribution in [3.8, 4) is 11.5 Å². The molecule has 7 nitrogen and oxygen atoms in total. The van der Waals surface area contributed by atoms with Gasteiger partial charge >= 0.3 is 0 Å². The molecule has 2 fully saturated rings. The number of benzene rings is 2. The van der Waals surface area contributed by atoms with Crippen molar-refractivity contribution in [1.82, 2.24) is 0 Å². The van der Waals surface area contributed by atoms with E-state index in [4.69, 9.17) is 9.47 Å². The number of aryl methyl sites for hydroxylation is 1. The van der Waals surface area contributed by atoms with Crippen LogP contribution in [-0.2, 0) is 14.8 Å². The van der Waals surface area contributed by atoms with E-state index >= 15 is 0 Å². The Kier molecular flexibility index (Phi) is 4.26. The quantitative estimate of drug-likeness (QED) is 0.831. The van der Waals surface area contributed by atoms with Gasteiger partial charge in [0.15, 0.2) is 4.75 Å². The van der Waals surface area contributed by atoms with Crippen LogP contribution >= 0.6 is 0 Å². The standard InChI is InChI=1S/C20H22N2O5S/c1-13-4-6-15(7-5-13)22-12-14-11-20(14,28(22,24)25)19(23)21-17-9-8-16(26-2)10-18(17)27-3/h4-10,14H,11-12H2,1-3H3,(H,21,23). The summed E-state index contributed by atoms with van der Waals surface area (Å²) >= 11 is 0. The third-order valence-corrected chi connectivity index (χ3v) is 8.10. The Morgan fingerprint density at radius 3 is 2.50 bits per heavy atom. The topological polar surface area (TPSA) is 84.9 Å². The molecule has 2 aromatic carbocycles. The molecule has 1 saturated heterocycles. The van der Waals surface area contributed by atoms with E-state index in [9.17, 15) is 13.2 Å². The van der Waals surface area contributed by atoms with Gasteiger partial charge in [0.25, 0.3) is 0 Å². The number of amides is 1. The van der Waals surface area contributed by atoms with Crippen LogP contribution in [0.2, 0.25) is 0 Å². The zero-order valence-corrected chi connectivity index (χ0v) is 16.7. The van der Waals surface area contributed by atoms with Crippen LogP contribution in [0.4, 0.5) is 11.4 Å². The summed E-state index contributed by atoms with van der Waals surface area (Å²) < 4.78 is 36.9. The van der Waals surface area contributed by atoms with E-state index in [1.54, 1.807) is 30.3 Å². The number of rotatable bonds is 5. The van der Waals surface area contributed by atoms with Gasteiger partial charge in [0.05, 0.1) is 25.6 Å². The lowest BCUT2D eigenvalue weighted by atomic mass is 10.2. The fourth-order valence-corrected chi connectivity index (χ4v) is 6.17. The molecule has 1 saturated carbocycles. The van der Waals surface area contributed by atoms with Crippen LogP contribution in [0.1, 0.15) is 12.0 Å². The highest BCUT2D eigenvalue weighted by atomic mass is 32.2. The highest BCUT2D eigenvalue weighted by Gasteiger charge is 2.75. The Labute approximate surface area is 164 Å². The van der Waals surface area contributed by atoms with Crippen LogP contribution in [0.15, 0.2) is 42.5 Å². The van der Waals surface area contributed by atoms with Crippen LogP contribution in [0, 0.1) is 12.8 Å². The second kappa shape index (κ2) is 6.41. The second-order valence-electron chi connectivity index (χ2n) is 7.18. The zero-order valence-electron chi connectivity index (χ0n) is 15.9. The van der Waals surface area contributed by atoms with Gasteiger partial charge in [-0.15, -0.1) is 0 Å². The third-order valence-electron chi connectivity index (χ3n) is 5.55. The second-order valence-corrected chi connectivity index (χ2v) is 9.30. The first-order chi connectivity index (χ1) is 13.3. The average molecular weight is 402 g/mol. The molecule has 148 valence electrons. The van der Waals surface area contributed by atoms with Crippen LogP contribution < -0.4 is 19.1 Å². The predicted molar refractivity (Wildman–Crippen MR) is 106 cm³/mol. The fraction of sp³-hybridized carbons (Fsp3) is 0.350. The minimum absolute atomic E-state index is 0.219. The Hall–Kier alpha value is -2.74. The minimum Gasteiger partial charge on any atom is -0.497 e. The van der Waals surface area contributed by atoms with E-state index in [0.29, 0.717) is 35.8 Å². The van der Waals surface area contributed by atoms with Gasteiger partial charge in [0.2, 0.25) is 15.9 Å². The summed E-state index contributed by atoms with van der Waals surface area (Å²) in [6, 6.07) is 12.2. The lowest BCUT2D eigenvalue weighted by molar-refractivity contribution is -0.116. The van der Waals surface area contributed by atoms with Gasteiger partial charge in [-0.25, -0.2) is 8.42 Å². The van der Waals surface area contributed by atoms with Crippen LogP contribution in [0.3, 0.4) is 0 Å². The molecule has 2 atom stereocenters. The monoisotopic (exact) mass is 402 g/mol.